The summed E-state index contributed by atoms with van der Waals surface area (Å²) < 4.78 is 14.5. The van der Waals surface area contributed by atoms with Crippen LogP contribution in [0, 0.1) is 29.0 Å². The second-order valence-corrected chi connectivity index (χ2v) is 8.32. The number of carbonyl (C=O) groups is 1. The van der Waals surface area contributed by atoms with Gasteiger partial charge in [-0.25, -0.2) is 14.4 Å². The number of aromatic nitrogens is 3. The van der Waals surface area contributed by atoms with E-state index in [2.05, 4.69) is 25.3 Å². The van der Waals surface area contributed by atoms with E-state index in [0.717, 1.165) is 31.1 Å². The van der Waals surface area contributed by atoms with E-state index in [1.54, 1.807) is 18.5 Å². The minimum Gasteiger partial charge on any atom is -0.481 e. The first-order valence-corrected chi connectivity index (χ1v) is 10.4. The van der Waals surface area contributed by atoms with Crippen molar-refractivity contribution < 1.29 is 14.3 Å². The normalized spacial score (nSPS) is 25.6. The minimum atomic E-state index is -0.837. The zero-order valence-electron chi connectivity index (χ0n) is 16.7. The van der Waals surface area contributed by atoms with Crippen molar-refractivity contribution in [3.05, 3.63) is 53.9 Å². The molecule has 3 aromatic heterocycles. The highest BCUT2D eigenvalue weighted by Gasteiger charge is 2.47. The summed E-state index contributed by atoms with van der Waals surface area (Å²) in [6.45, 7) is 0. The van der Waals surface area contributed by atoms with Crippen LogP contribution >= 0.6 is 0 Å². The van der Waals surface area contributed by atoms with Crippen LogP contribution in [-0.2, 0) is 4.79 Å². The fraction of sp³-hybridized carbons (Fsp3) is 0.364. The van der Waals surface area contributed by atoms with Crippen LogP contribution in [-0.4, -0.2) is 43.7 Å². The number of nitrogens with one attached hydrogen (secondary N) is 4. The molecule has 3 fully saturated rings. The monoisotopic (exact) mass is 422 g/mol. The van der Waals surface area contributed by atoms with Crippen molar-refractivity contribution in [3.8, 4) is 0 Å². The number of halogens is 1. The smallest absolute Gasteiger partial charge is 0.308 e. The number of amidine groups is 2. The Balaban J connectivity index is 1.53. The highest BCUT2D eigenvalue weighted by atomic mass is 19.1. The van der Waals surface area contributed by atoms with E-state index in [-0.39, 0.29) is 35.2 Å². The molecular formula is C22H23FN6O2. The number of carboxylic acid groups (broad SMARTS) is 1. The van der Waals surface area contributed by atoms with Crippen LogP contribution < -0.4 is 5.32 Å². The Morgan fingerprint density at radius 3 is 2.71 bits per heavy atom. The first-order chi connectivity index (χ1) is 15.0. The molecule has 3 aliphatic carbocycles. The van der Waals surface area contributed by atoms with Crippen molar-refractivity contribution in [3.63, 3.8) is 0 Å². The first kappa shape index (κ1) is 19.5. The molecule has 0 aliphatic heterocycles. The molecule has 3 saturated carbocycles. The predicted octanol–water partition coefficient (Wildman–Crippen LogP) is 3.28. The number of hydrogen-bond donors (Lipinski definition) is 5. The lowest BCUT2D eigenvalue weighted by atomic mass is 9.61. The molecule has 3 heterocycles. The number of hydrogen-bond acceptors (Lipinski definition) is 3. The number of rotatable bonds is 4. The third-order valence-electron chi connectivity index (χ3n) is 6.67. The van der Waals surface area contributed by atoms with Crippen molar-refractivity contribution in [2.24, 2.45) is 22.7 Å². The second kappa shape index (κ2) is 7.64. The maximum atomic E-state index is 14.5. The molecule has 0 spiro atoms. The number of aliphatic imine (C=N–C) groups is 1. The Hall–Kier alpha value is -3.49. The fourth-order valence-corrected chi connectivity index (χ4v) is 5.19. The summed E-state index contributed by atoms with van der Waals surface area (Å²) in [5.41, 5.74) is 1.29. The van der Waals surface area contributed by atoms with Crippen molar-refractivity contribution in [1.82, 2.24) is 20.3 Å². The van der Waals surface area contributed by atoms with Crippen LogP contribution in [0.3, 0.4) is 0 Å². The summed E-state index contributed by atoms with van der Waals surface area (Å²) in [6, 6.07) is 4.54. The third-order valence-corrected chi connectivity index (χ3v) is 6.67. The summed E-state index contributed by atoms with van der Waals surface area (Å²) in [4.78, 5) is 26.5. The molecule has 9 heteroatoms. The Morgan fingerprint density at radius 2 is 2.00 bits per heavy atom. The molecular weight excluding hydrogens is 399 g/mol. The van der Waals surface area contributed by atoms with Gasteiger partial charge in [-0.3, -0.25) is 10.2 Å². The molecule has 0 unspecified atom stereocenters. The van der Waals surface area contributed by atoms with Gasteiger partial charge >= 0.3 is 5.97 Å². The number of carboxylic acids is 1. The molecule has 31 heavy (non-hydrogen) atoms. The van der Waals surface area contributed by atoms with E-state index < -0.39 is 17.7 Å². The van der Waals surface area contributed by atoms with Gasteiger partial charge in [0.2, 0.25) is 0 Å². The molecule has 0 radical (unpaired) electrons. The van der Waals surface area contributed by atoms with Gasteiger partial charge in [0.25, 0.3) is 0 Å². The Kier molecular flexibility index (Phi) is 4.80. The highest BCUT2D eigenvalue weighted by Crippen LogP contribution is 2.45. The summed E-state index contributed by atoms with van der Waals surface area (Å²) in [5, 5.41) is 22.4. The molecule has 2 atom stereocenters. The zero-order valence-corrected chi connectivity index (χ0v) is 16.7. The number of aliphatic carboxylic acids is 1. The predicted molar refractivity (Wildman–Crippen MR) is 114 cm³/mol. The maximum absolute atomic E-state index is 14.5. The van der Waals surface area contributed by atoms with Crippen molar-refractivity contribution in [1.29, 1.82) is 5.41 Å². The number of nitrogens with zero attached hydrogens (tertiary/aromatic N) is 2. The topological polar surface area (TPSA) is 130 Å². The van der Waals surface area contributed by atoms with Crippen LogP contribution in [0.4, 0.5) is 4.39 Å². The van der Waals surface area contributed by atoms with Gasteiger partial charge in [0, 0.05) is 35.6 Å². The molecule has 2 bridgehead atoms. The fourth-order valence-electron chi connectivity index (χ4n) is 5.19. The van der Waals surface area contributed by atoms with Crippen molar-refractivity contribution in [2.75, 3.05) is 0 Å². The summed E-state index contributed by atoms with van der Waals surface area (Å²) >= 11 is 0. The van der Waals surface area contributed by atoms with E-state index in [4.69, 9.17) is 5.41 Å². The van der Waals surface area contributed by atoms with Crippen molar-refractivity contribution >= 4 is 28.7 Å². The number of aromatic amines is 2. The third kappa shape index (κ3) is 3.39. The number of pyridine rings is 1. The molecule has 0 saturated heterocycles. The van der Waals surface area contributed by atoms with Gasteiger partial charge in [0.1, 0.15) is 11.3 Å². The SMILES string of the molecule is N=C(/N=C(/N[C@H]1C2CCC(CC2)[C@@H]1C(=O)O)c1[nH]ccc1F)c1c[nH]c2ncccc12. The van der Waals surface area contributed by atoms with Gasteiger partial charge in [-0.2, -0.15) is 0 Å². The quantitative estimate of drug-likeness (QED) is 0.326. The van der Waals surface area contributed by atoms with Gasteiger partial charge in [0.05, 0.1) is 5.92 Å². The molecule has 6 rings (SSSR count). The molecule has 3 aromatic rings. The second-order valence-electron chi connectivity index (χ2n) is 8.32. The van der Waals surface area contributed by atoms with Gasteiger partial charge in [-0.15, -0.1) is 0 Å². The maximum Gasteiger partial charge on any atom is 0.308 e. The summed E-state index contributed by atoms with van der Waals surface area (Å²) in [6.07, 6.45) is 8.46. The summed E-state index contributed by atoms with van der Waals surface area (Å²) in [5.74, 6) is -1.53. The highest BCUT2D eigenvalue weighted by molar-refractivity contribution is 6.14. The Bertz CT molecular complexity index is 1170. The lowest BCUT2D eigenvalue weighted by Gasteiger charge is -2.47. The van der Waals surface area contributed by atoms with Gasteiger partial charge in [-0.05, 0) is 55.7 Å². The average molecular weight is 422 g/mol. The molecule has 3 aliphatic rings. The van der Waals surface area contributed by atoms with E-state index >= 15 is 0 Å². The van der Waals surface area contributed by atoms with Gasteiger partial charge < -0.3 is 20.4 Å². The lowest BCUT2D eigenvalue weighted by Crippen LogP contribution is -2.56. The van der Waals surface area contributed by atoms with Crippen LogP contribution in [0.1, 0.15) is 36.9 Å². The van der Waals surface area contributed by atoms with E-state index in [1.807, 2.05) is 6.07 Å². The lowest BCUT2D eigenvalue weighted by molar-refractivity contribution is -0.149. The van der Waals surface area contributed by atoms with Crippen LogP contribution in [0.2, 0.25) is 0 Å². The van der Waals surface area contributed by atoms with Gasteiger partial charge in [-0.1, -0.05) is 0 Å². The van der Waals surface area contributed by atoms with E-state index in [0.29, 0.717) is 11.2 Å². The Labute approximate surface area is 177 Å². The van der Waals surface area contributed by atoms with Gasteiger partial charge in [0.15, 0.2) is 17.5 Å². The zero-order chi connectivity index (χ0) is 21.5. The largest absolute Gasteiger partial charge is 0.481 e. The molecule has 0 amide bonds. The average Bonchev–Trinajstić information content (AvgIpc) is 3.40. The van der Waals surface area contributed by atoms with Crippen LogP contribution in [0.5, 0.6) is 0 Å². The van der Waals surface area contributed by atoms with E-state index in [9.17, 15) is 14.3 Å². The molecule has 160 valence electrons. The Morgan fingerprint density at radius 1 is 1.23 bits per heavy atom. The number of fused-ring (bicyclic) bond motifs is 4. The van der Waals surface area contributed by atoms with Crippen LogP contribution in [0.25, 0.3) is 11.0 Å². The minimum absolute atomic E-state index is 0.0661. The summed E-state index contributed by atoms with van der Waals surface area (Å²) in [7, 11) is 0. The van der Waals surface area contributed by atoms with Crippen molar-refractivity contribution in [2.45, 2.75) is 31.7 Å². The molecule has 0 aromatic carbocycles. The standard InChI is InChI=1S/C22H23FN6O2/c23-15-7-9-25-18(15)21(28-17-12-5-3-11(4-6-12)16(17)22(30)31)29-19(24)14-10-27-20-13(14)2-1-8-26-20/h1-2,7-12,16-17,25H,3-6H2,(H,26,27)(H,30,31)(H2,24,28,29)/t11?,12?,16-,17-/m0/s1. The molecule has 8 nitrogen and oxygen atoms in total. The first-order valence-electron chi connectivity index (χ1n) is 10.4. The van der Waals surface area contributed by atoms with Crippen LogP contribution in [0.15, 0.2) is 41.8 Å². The van der Waals surface area contributed by atoms with E-state index in [1.165, 1.54) is 12.3 Å². The molecule has 5 N–H and O–H groups in total. The number of H-pyrrole nitrogens is 2.